The average molecular weight is 250 g/mol. The highest BCUT2D eigenvalue weighted by atomic mass is 16.5. The average Bonchev–Trinajstić information content (AvgIpc) is 2.71. The zero-order chi connectivity index (χ0) is 14.0. The second kappa shape index (κ2) is 9.66. The summed E-state index contributed by atoms with van der Waals surface area (Å²) >= 11 is 0. The van der Waals surface area contributed by atoms with Crippen molar-refractivity contribution in [1.29, 1.82) is 0 Å². The minimum atomic E-state index is 0.430. The molecule has 0 atom stereocenters. The SMILES string of the molecule is C=C/C=C\c1nn(C2COC2)cc1C.CC.CC. The van der Waals surface area contributed by atoms with Crippen molar-refractivity contribution in [3.05, 3.63) is 36.2 Å². The molecule has 3 nitrogen and oxygen atoms in total. The van der Waals surface area contributed by atoms with Crippen LogP contribution in [0.3, 0.4) is 0 Å². The van der Waals surface area contributed by atoms with Crippen LogP contribution in [0.15, 0.2) is 24.9 Å². The highest BCUT2D eigenvalue weighted by molar-refractivity contribution is 5.49. The van der Waals surface area contributed by atoms with Crippen molar-refractivity contribution in [1.82, 2.24) is 9.78 Å². The maximum absolute atomic E-state index is 5.12. The molecule has 102 valence electrons. The molecular weight excluding hydrogens is 224 g/mol. The van der Waals surface area contributed by atoms with Crippen LogP contribution in [0.4, 0.5) is 0 Å². The molecule has 0 amide bonds. The second-order valence-electron chi connectivity index (χ2n) is 3.46. The lowest BCUT2D eigenvalue weighted by Crippen LogP contribution is -2.30. The van der Waals surface area contributed by atoms with Crippen molar-refractivity contribution in [2.24, 2.45) is 0 Å². The fraction of sp³-hybridized carbons (Fsp3) is 0.533. The first-order valence-electron chi connectivity index (χ1n) is 6.74. The largest absolute Gasteiger partial charge is 0.377 e. The molecule has 3 heteroatoms. The predicted molar refractivity (Wildman–Crippen MR) is 78.7 cm³/mol. The van der Waals surface area contributed by atoms with Gasteiger partial charge < -0.3 is 4.74 Å². The Morgan fingerprint density at radius 1 is 1.33 bits per heavy atom. The summed E-state index contributed by atoms with van der Waals surface area (Å²) in [5.41, 5.74) is 2.20. The van der Waals surface area contributed by atoms with Gasteiger partial charge in [-0.05, 0) is 18.6 Å². The molecule has 0 aromatic carbocycles. The monoisotopic (exact) mass is 250 g/mol. The van der Waals surface area contributed by atoms with Crippen molar-refractivity contribution in [3.8, 4) is 0 Å². The third-order valence-electron chi connectivity index (χ3n) is 2.34. The van der Waals surface area contributed by atoms with Gasteiger partial charge in [-0.3, -0.25) is 4.68 Å². The number of nitrogens with zero attached hydrogens (tertiary/aromatic N) is 2. The van der Waals surface area contributed by atoms with Crippen LogP contribution in [0.25, 0.3) is 6.08 Å². The van der Waals surface area contributed by atoms with E-state index in [4.69, 9.17) is 4.74 Å². The number of aromatic nitrogens is 2. The molecule has 18 heavy (non-hydrogen) atoms. The van der Waals surface area contributed by atoms with Crippen LogP contribution < -0.4 is 0 Å². The van der Waals surface area contributed by atoms with E-state index in [9.17, 15) is 0 Å². The number of hydrogen-bond donors (Lipinski definition) is 0. The van der Waals surface area contributed by atoms with E-state index < -0.39 is 0 Å². The second-order valence-corrected chi connectivity index (χ2v) is 3.46. The molecule has 0 aliphatic carbocycles. The van der Waals surface area contributed by atoms with Gasteiger partial charge in [0.05, 0.1) is 24.9 Å². The molecule has 0 spiro atoms. The van der Waals surface area contributed by atoms with Crippen LogP contribution in [-0.4, -0.2) is 23.0 Å². The van der Waals surface area contributed by atoms with Gasteiger partial charge in [0.25, 0.3) is 0 Å². The van der Waals surface area contributed by atoms with Crippen LogP contribution in [0.1, 0.15) is 45.0 Å². The lowest BCUT2D eigenvalue weighted by Gasteiger charge is -2.25. The lowest BCUT2D eigenvalue weighted by molar-refractivity contribution is -0.0287. The number of rotatable bonds is 3. The van der Waals surface area contributed by atoms with Crippen molar-refractivity contribution in [2.45, 2.75) is 40.7 Å². The number of aryl methyl sites for hydroxylation is 1. The van der Waals surface area contributed by atoms with E-state index in [2.05, 4.69) is 24.8 Å². The third kappa shape index (κ3) is 4.49. The van der Waals surface area contributed by atoms with Gasteiger partial charge in [0, 0.05) is 6.20 Å². The number of ether oxygens (including phenoxy) is 1. The summed E-state index contributed by atoms with van der Waals surface area (Å²) in [6, 6.07) is 0.430. The normalized spacial score (nSPS) is 14.1. The van der Waals surface area contributed by atoms with Gasteiger partial charge in [0.15, 0.2) is 0 Å². The van der Waals surface area contributed by atoms with Crippen molar-refractivity contribution in [3.63, 3.8) is 0 Å². The van der Waals surface area contributed by atoms with Crippen LogP contribution in [0.5, 0.6) is 0 Å². The molecule has 0 radical (unpaired) electrons. The first-order valence-corrected chi connectivity index (χ1v) is 6.74. The fourth-order valence-corrected chi connectivity index (χ4v) is 1.38. The van der Waals surface area contributed by atoms with Crippen molar-refractivity contribution >= 4 is 6.08 Å². The Morgan fingerprint density at radius 2 is 1.94 bits per heavy atom. The molecule has 1 aliphatic rings. The summed E-state index contributed by atoms with van der Waals surface area (Å²) in [6.45, 7) is 15.3. The van der Waals surface area contributed by atoms with E-state index in [1.54, 1.807) is 6.08 Å². The molecule has 1 fully saturated rings. The summed E-state index contributed by atoms with van der Waals surface area (Å²) in [7, 11) is 0. The maximum Gasteiger partial charge on any atom is 0.0985 e. The highest BCUT2D eigenvalue weighted by Gasteiger charge is 2.21. The van der Waals surface area contributed by atoms with Gasteiger partial charge in [-0.25, -0.2) is 0 Å². The van der Waals surface area contributed by atoms with E-state index in [-0.39, 0.29) is 0 Å². The van der Waals surface area contributed by atoms with Crippen LogP contribution in [0, 0.1) is 6.92 Å². The number of allylic oxidation sites excluding steroid dienone is 2. The fourth-order valence-electron chi connectivity index (χ4n) is 1.38. The van der Waals surface area contributed by atoms with Gasteiger partial charge in [0.2, 0.25) is 0 Å². The first-order chi connectivity index (χ1) is 8.81. The maximum atomic E-state index is 5.12. The van der Waals surface area contributed by atoms with E-state index >= 15 is 0 Å². The van der Waals surface area contributed by atoms with Gasteiger partial charge in [0.1, 0.15) is 0 Å². The standard InChI is InChI=1S/C11H14N2O.2C2H6/c1-3-4-5-11-9(2)6-13(12-11)10-7-14-8-10;2*1-2/h3-6,10H,1,7-8H2,2H3;2*1-2H3/b5-4-;;. The van der Waals surface area contributed by atoms with Gasteiger partial charge in [-0.15, -0.1) is 0 Å². The predicted octanol–water partition coefficient (Wildman–Crippen LogP) is 4.01. The van der Waals surface area contributed by atoms with Gasteiger partial charge >= 0.3 is 0 Å². The van der Waals surface area contributed by atoms with Crippen molar-refractivity contribution in [2.75, 3.05) is 13.2 Å². The molecule has 1 saturated heterocycles. The summed E-state index contributed by atoms with van der Waals surface area (Å²) in [6.07, 6.45) is 7.69. The van der Waals surface area contributed by atoms with Crippen LogP contribution >= 0.6 is 0 Å². The first kappa shape index (κ1) is 16.6. The smallest absolute Gasteiger partial charge is 0.0985 e. The van der Waals surface area contributed by atoms with Crippen molar-refractivity contribution < 1.29 is 4.74 Å². The van der Waals surface area contributed by atoms with Crippen LogP contribution in [0.2, 0.25) is 0 Å². The molecular formula is C15H26N2O. The highest BCUT2D eigenvalue weighted by Crippen LogP contribution is 2.18. The lowest BCUT2D eigenvalue weighted by atomic mass is 10.2. The summed E-state index contributed by atoms with van der Waals surface area (Å²) in [5, 5.41) is 4.47. The Morgan fingerprint density at radius 3 is 2.39 bits per heavy atom. The molecule has 1 aromatic rings. The molecule has 1 aliphatic heterocycles. The Bertz CT molecular complexity index is 363. The molecule has 2 heterocycles. The molecule has 2 rings (SSSR count). The molecule has 0 unspecified atom stereocenters. The quantitative estimate of drug-likeness (QED) is 0.758. The van der Waals surface area contributed by atoms with E-state index in [1.807, 2.05) is 44.5 Å². The van der Waals surface area contributed by atoms with E-state index in [1.165, 1.54) is 5.56 Å². The zero-order valence-electron chi connectivity index (χ0n) is 12.3. The van der Waals surface area contributed by atoms with Gasteiger partial charge in [-0.1, -0.05) is 46.4 Å². The Labute approximate surface area is 111 Å². The Balaban J connectivity index is 0.000000659. The number of hydrogen-bond acceptors (Lipinski definition) is 2. The third-order valence-corrected chi connectivity index (χ3v) is 2.34. The van der Waals surface area contributed by atoms with Gasteiger partial charge in [-0.2, -0.15) is 5.10 Å². The molecule has 1 aromatic heterocycles. The molecule has 0 N–H and O–H groups in total. The summed E-state index contributed by atoms with van der Waals surface area (Å²) < 4.78 is 7.11. The minimum absolute atomic E-state index is 0.430. The minimum Gasteiger partial charge on any atom is -0.377 e. The van der Waals surface area contributed by atoms with Crippen LogP contribution in [-0.2, 0) is 4.74 Å². The zero-order valence-corrected chi connectivity index (χ0v) is 12.3. The Kier molecular flexibility index (Phi) is 8.93. The molecule has 0 saturated carbocycles. The molecule has 0 bridgehead atoms. The van der Waals surface area contributed by atoms with E-state index in [0.29, 0.717) is 6.04 Å². The summed E-state index contributed by atoms with van der Waals surface area (Å²) in [4.78, 5) is 0. The Hall–Kier alpha value is -1.35. The topological polar surface area (TPSA) is 27.1 Å². The summed E-state index contributed by atoms with van der Waals surface area (Å²) in [5.74, 6) is 0. The van der Waals surface area contributed by atoms with E-state index in [0.717, 1.165) is 18.9 Å².